The van der Waals surface area contributed by atoms with Gasteiger partial charge in [-0.2, -0.15) is 5.10 Å². The Morgan fingerprint density at radius 1 is 0.919 bits per heavy atom. The highest BCUT2D eigenvalue weighted by molar-refractivity contribution is 7.88. The van der Waals surface area contributed by atoms with Crippen molar-refractivity contribution in [1.29, 1.82) is 0 Å². The Bertz CT molecular complexity index is 1880. The van der Waals surface area contributed by atoms with Crippen molar-refractivity contribution in [2.24, 2.45) is 0 Å². The highest BCUT2D eigenvalue weighted by Crippen LogP contribution is 2.34. The minimum Gasteiger partial charge on any atom is -0.338 e. The van der Waals surface area contributed by atoms with Crippen molar-refractivity contribution in [3.05, 3.63) is 84.7 Å². The minimum absolute atomic E-state index is 0.0122. The van der Waals surface area contributed by atoms with Crippen LogP contribution in [0.2, 0.25) is 0 Å². The lowest BCUT2D eigenvalue weighted by Gasteiger charge is -2.08. The van der Waals surface area contributed by atoms with Gasteiger partial charge in [0.1, 0.15) is 17.2 Å². The summed E-state index contributed by atoms with van der Waals surface area (Å²) in [6.07, 6.45) is 7.97. The summed E-state index contributed by atoms with van der Waals surface area (Å²) in [4.78, 5) is 16.5. The van der Waals surface area contributed by atoms with E-state index < -0.39 is 15.8 Å². The maximum Gasteiger partial charge on any atom is 0.209 e. The molecular weight excluding hydrogens is 493 g/mol. The maximum atomic E-state index is 14.5. The maximum absolute atomic E-state index is 14.5. The summed E-state index contributed by atoms with van der Waals surface area (Å²) in [5, 5.41) is 9.06. The standard InChI is InChI=1S/C26H20FN7O2S/c1-37(35,36)31-12-15-7-17(9-19(27)8-15)20-4-6-29-25-21(20)11-23(32-25)24-22-10-18(14-30-26(22)34-33-24)16-3-2-5-28-13-16/h2-11,13-14,31H,12H2,1H3,(H,29,32)(H,30,33,34). The molecule has 37 heavy (non-hydrogen) atoms. The van der Waals surface area contributed by atoms with Crippen molar-refractivity contribution < 1.29 is 12.8 Å². The molecule has 0 aliphatic carbocycles. The van der Waals surface area contributed by atoms with Gasteiger partial charge < -0.3 is 4.98 Å². The largest absolute Gasteiger partial charge is 0.338 e. The molecule has 11 heteroatoms. The molecule has 9 nitrogen and oxygen atoms in total. The highest BCUT2D eigenvalue weighted by Gasteiger charge is 2.16. The molecule has 6 rings (SSSR count). The molecule has 0 aliphatic rings. The summed E-state index contributed by atoms with van der Waals surface area (Å²) in [5.74, 6) is -0.462. The SMILES string of the molecule is CS(=O)(=O)NCc1cc(F)cc(-c2ccnc3[nH]c(-c4n[nH]c5ncc(-c6cccnc6)cc45)cc23)c1. The van der Waals surface area contributed by atoms with Crippen molar-refractivity contribution in [2.75, 3.05) is 6.26 Å². The van der Waals surface area contributed by atoms with E-state index in [2.05, 4.69) is 34.9 Å². The summed E-state index contributed by atoms with van der Waals surface area (Å²) >= 11 is 0. The molecule has 0 spiro atoms. The van der Waals surface area contributed by atoms with Crippen LogP contribution in [0.3, 0.4) is 0 Å². The van der Waals surface area contributed by atoms with Crippen molar-refractivity contribution in [3.63, 3.8) is 0 Å². The lowest BCUT2D eigenvalue weighted by Crippen LogP contribution is -2.21. The molecule has 5 heterocycles. The van der Waals surface area contributed by atoms with Crippen molar-refractivity contribution in [1.82, 2.24) is 34.9 Å². The topological polar surface area (TPSA) is 129 Å². The fourth-order valence-corrected chi connectivity index (χ4v) is 4.76. The zero-order valence-corrected chi connectivity index (χ0v) is 20.3. The molecule has 1 aromatic carbocycles. The van der Waals surface area contributed by atoms with Crippen LogP contribution >= 0.6 is 0 Å². The van der Waals surface area contributed by atoms with Crippen LogP contribution in [0.5, 0.6) is 0 Å². The molecule has 0 unspecified atom stereocenters. The first-order valence-electron chi connectivity index (χ1n) is 11.3. The number of benzene rings is 1. The number of nitrogens with zero attached hydrogens (tertiary/aromatic N) is 4. The van der Waals surface area contributed by atoms with Gasteiger partial charge in [0.2, 0.25) is 10.0 Å². The van der Waals surface area contributed by atoms with Gasteiger partial charge in [0.15, 0.2) is 5.65 Å². The zero-order chi connectivity index (χ0) is 25.6. The molecule has 0 saturated heterocycles. The molecule has 5 aromatic heterocycles. The van der Waals surface area contributed by atoms with Gasteiger partial charge in [-0.3, -0.25) is 10.1 Å². The second kappa shape index (κ2) is 8.87. The van der Waals surface area contributed by atoms with Gasteiger partial charge in [0.25, 0.3) is 0 Å². The smallest absolute Gasteiger partial charge is 0.209 e. The summed E-state index contributed by atoms with van der Waals surface area (Å²) < 4.78 is 39.9. The first-order valence-corrected chi connectivity index (χ1v) is 13.2. The molecule has 184 valence electrons. The molecule has 0 aliphatic heterocycles. The molecule has 0 bridgehead atoms. The molecule has 0 atom stereocenters. The van der Waals surface area contributed by atoms with Crippen LogP contribution in [0.25, 0.3) is 55.7 Å². The first-order chi connectivity index (χ1) is 17.8. The monoisotopic (exact) mass is 513 g/mol. The number of halogens is 1. The van der Waals surface area contributed by atoms with E-state index in [4.69, 9.17) is 0 Å². The quantitative estimate of drug-likeness (QED) is 0.302. The van der Waals surface area contributed by atoms with E-state index >= 15 is 0 Å². The number of nitrogens with one attached hydrogen (secondary N) is 3. The van der Waals surface area contributed by atoms with Gasteiger partial charge in [0, 0.05) is 53.2 Å². The number of aromatic nitrogens is 6. The number of aromatic amines is 2. The Labute approximate surface area is 210 Å². The van der Waals surface area contributed by atoms with E-state index in [1.807, 2.05) is 24.3 Å². The van der Waals surface area contributed by atoms with Gasteiger partial charge in [-0.25, -0.2) is 27.5 Å². The third-order valence-corrected chi connectivity index (χ3v) is 6.67. The number of hydrogen-bond acceptors (Lipinski definition) is 6. The molecule has 0 saturated carbocycles. The number of rotatable bonds is 6. The number of pyridine rings is 3. The third kappa shape index (κ3) is 4.57. The normalized spacial score (nSPS) is 11.9. The van der Waals surface area contributed by atoms with Crippen LogP contribution in [-0.2, 0) is 16.6 Å². The lowest BCUT2D eigenvalue weighted by atomic mass is 10.0. The second-order valence-electron chi connectivity index (χ2n) is 8.68. The Balaban J connectivity index is 1.44. The van der Waals surface area contributed by atoms with Crippen LogP contribution in [0.15, 0.2) is 73.3 Å². The Morgan fingerprint density at radius 2 is 1.81 bits per heavy atom. The second-order valence-corrected chi connectivity index (χ2v) is 10.5. The predicted molar refractivity (Wildman–Crippen MR) is 139 cm³/mol. The van der Waals surface area contributed by atoms with Gasteiger partial charge in [-0.05, 0) is 59.2 Å². The first kappa shape index (κ1) is 23.0. The van der Waals surface area contributed by atoms with Gasteiger partial charge in [0.05, 0.1) is 11.9 Å². The van der Waals surface area contributed by atoms with Crippen LogP contribution in [-0.4, -0.2) is 44.8 Å². The number of sulfonamides is 1. The van der Waals surface area contributed by atoms with Gasteiger partial charge in [-0.15, -0.1) is 0 Å². The average molecular weight is 514 g/mol. The number of hydrogen-bond donors (Lipinski definition) is 3. The van der Waals surface area contributed by atoms with Gasteiger partial charge in [-0.1, -0.05) is 6.07 Å². The van der Waals surface area contributed by atoms with Crippen LogP contribution in [0.4, 0.5) is 4.39 Å². The summed E-state index contributed by atoms with van der Waals surface area (Å²) in [6, 6.07) is 14.0. The lowest BCUT2D eigenvalue weighted by molar-refractivity contribution is 0.586. The molecule has 3 N–H and O–H groups in total. The molecule has 6 aromatic rings. The average Bonchev–Trinajstić information content (AvgIpc) is 3.51. The van der Waals surface area contributed by atoms with Crippen LogP contribution in [0, 0.1) is 5.82 Å². The molecular formula is C26H20FN7O2S. The Kier molecular flexibility index (Phi) is 5.50. The van der Waals surface area contributed by atoms with Crippen LogP contribution < -0.4 is 4.72 Å². The minimum atomic E-state index is -3.41. The zero-order valence-electron chi connectivity index (χ0n) is 19.5. The Morgan fingerprint density at radius 3 is 2.62 bits per heavy atom. The fourth-order valence-electron chi connectivity index (χ4n) is 4.33. The van der Waals surface area contributed by atoms with E-state index in [0.717, 1.165) is 39.4 Å². The molecule has 0 amide bonds. The number of H-pyrrole nitrogens is 2. The van der Waals surface area contributed by atoms with Gasteiger partial charge >= 0.3 is 0 Å². The summed E-state index contributed by atoms with van der Waals surface area (Å²) in [6.45, 7) is -0.0122. The van der Waals surface area contributed by atoms with E-state index in [1.165, 1.54) is 12.1 Å². The van der Waals surface area contributed by atoms with E-state index in [9.17, 15) is 12.8 Å². The Hall–Kier alpha value is -4.48. The van der Waals surface area contributed by atoms with Crippen LogP contribution in [0.1, 0.15) is 5.56 Å². The highest BCUT2D eigenvalue weighted by atomic mass is 32.2. The fraction of sp³-hybridized carbons (Fsp3) is 0.0769. The van der Waals surface area contributed by atoms with E-state index in [-0.39, 0.29) is 6.54 Å². The van der Waals surface area contributed by atoms with Crippen molar-refractivity contribution in [3.8, 4) is 33.6 Å². The van der Waals surface area contributed by atoms with Crippen molar-refractivity contribution >= 4 is 32.1 Å². The number of fused-ring (bicyclic) bond motifs is 2. The van der Waals surface area contributed by atoms with Crippen molar-refractivity contribution in [2.45, 2.75) is 6.54 Å². The summed E-state index contributed by atoms with van der Waals surface area (Å²) in [5.41, 5.74) is 6.37. The molecule has 0 fully saturated rings. The van der Waals surface area contributed by atoms with E-state index in [1.54, 1.807) is 36.9 Å². The molecule has 0 radical (unpaired) electrons. The summed E-state index contributed by atoms with van der Waals surface area (Å²) in [7, 11) is -3.41. The van der Waals surface area contributed by atoms with E-state index in [0.29, 0.717) is 28.1 Å². The predicted octanol–water partition coefficient (Wildman–Crippen LogP) is 4.42. The third-order valence-electron chi connectivity index (χ3n) is 6.01.